The van der Waals surface area contributed by atoms with Crippen molar-refractivity contribution in [1.82, 2.24) is 24.8 Å². The molecule has 1 saturated heterocycles. The van der Waals surface area contributed by atoms with Gasteiger partial charge in [-0.1, -0.05) is 28.1 Å². The van der Waals surface area contributed by atoms with Crippen molar-refractivity contribution in [3.8, 4) is 0 Å². The fourth-order valence-corrected chi connectivity index (χ4v) is 6.65. The topological polar surface area (TPSA) is 235 Å². The summed E-state index contributed by atoms with van der Waals surface area (Å²) in [5.74, 6) is -4.08. The number of carboxylic acids is 2. The van der Waals surface area contributed by atoms with Gasteiger partial charge < -0.3 is 36.6 Å². The summed E-state index contributed by atoms with van der Waals surface area (Å²) in [6.45, 7) is 1.29. The maximum absolute atomic E-state index is 13.2. The number of nitrogen functional groups attached to an aromatic ring is 2. The second-order valence-corrected chi connectivity index (χ2v) is 11.9. The summed E-state index contributed by atoms with van der Waals surface area (Å²) >= 11 is 8.22. The Morgan fingerprint density at radius 3 is 2.76 bits per heavy atom. The summed E-state index contributed by atoms with van der Waals surface area (Å²) in [4.78, 5) is 64.1. The number of oxime groups is 1. The molecule has 0 saturated carbocycles. The van der Waals surface area contributed by atoms with Crippen LogP contribution in [0.1, 0.15) is 12.6 Å². The van der Waals surface area contributed by atoms with Gasteiger partial charge in [-0.05, 0) is 24.0 Å². The molecule has 1 fully saturated rings. The third-order valence-corrected chi connectivity index (χ3v) is 8.95. The van der Waals surface area contributed by atoms with Crippen LogP contribution in [0.25, 0.3) is 11.2 Å². The number of aromatic nitrogens is 4. The number of hydrogen-bond donors (Lipinski definition) is 4. The summed E-state index contributed by atoms with van der Waals surface area (Å²) in [6.07, 6.45) is 0.300. The van der Waals surface area contributed by atoms with E-state index in [0.29, 0.717) is 11.2 Å². The number of aryl methyl sites for hydroxylation is 1. The summed E-state index contributed by atoms with van der Waals surface area (Å²) < 4.78 is 3.39. The summed E-state index contributed by atoms with van der Waals surface area (Å²) in [5.41, 5.74) is 12.3. The lowest BCUT2D eigenvalue weighted by Crippen LogP contribution is -2.71. The summed E-state index contributed by atoms with van der Waals surface area (Å²) in [7, 11) is 1.75. The molecule has 2 aliphatic heterocycles. The van der Waals surface area contributed by atoms with Gasteiger partial charge in [-0.25, -0.2) is 14.3 Å². The van der Waals surface area contributed by atoms with Crippen molar-refractivity contribution >= 4 is 86.4 Å². The van der Waals surface area contributed by atoms with Crippen LogP contribution in [0.5, 0.6) is 0 Å². The minimum Gasteiger partial charge on any atom is -0.543 e. The molecular weight excluding hydrogens is 614 g/mol. The Balaban J connectivity index is 1.40. The molecule has 3 aromatic rings. The minimum absolute atomic E-state index is 0.00809. The number of nitrogens with two attached hydrogens (primary N) is 2. The highest BCUT2D eigenvalue weighted by atomic mass is 35.5. The number of nitrogens with one attached hydrogen (secondary N) is 1. The Kier molecular flexibility index (Phi) is 7.69. The average Bonchev–Trinajstić information content (AvgIpc) is 3.43. The van der Waals surface area contributed by atoms with Crippen LogP contribution in [0.15, 0.2) is 34.8 Å². The van der Waals surface area contributed by atoms with Crippen molar-refractivity contribution in [2.24, 2.45) is 12.2 Å². The zero-order valence-corrected chi connectivity index (χ0v) is 24.2. The number of aliphatic carboxylic acids is 2. The standard InChI is InChI=1S/C23H22ClN9O7S2/c1-8(20(36)37)40-30-12(11-15(24)42-23(26)28-11)17(34)27-13-18(35)33-14(21(38)39)9(7-41-19(13)33)6-32-5-3-4-10-16(32)29-22(25)31(10)2/h3-5,8,13,19,25H,6-7H2,1-2H3,(H5,26,27,28,34,36,37,38,39)/b30-12-/t8-,13?,19+/m0/s1. The van der Waals surface area contributed by atoms with Gasteiger partial charge in [0.2, 0.25) is 6.10 Å². The van der Waals surface area contributed by atoms with E-state index >= 15 is 0 Å². The number of β-lactam (4-membered cyclic amide) rings is 1. The third kappa shape index (κ3) is 5.07. The molecule has 0 bridgehead atoms. The highest BCUT2D eigenvalue weighted by Gasteiger charge is 2.53. The summed E-state index contributed by atoms with van der Waals surface area (Å²) in [6, 6.07) is 2.44. The van der Waals surface area contributed by atoms with Crippen molar-refractivity contribution in [3.05, 3.63) is 39.6 Å². The molecule has 3 aromatic heterocycles. The first-order chi connectivity index (χ1) is 19.9. The number of thiazole rings is 1. The molecule has 0 aromatic carbocycles. The maximum Gasteiger partial charge on any atom is 0.351 e. The van der Waals surface area contributed by atoms with Crippen molar-refractivity contribution in [2.75, 3.05) is 17.2 Å². The molecule has 2 amide bonds. The van der Waals surface area contributed by atoms with E-state index in [0.717, 1.165) is 21.8 Å². The number of carbonyl (C=O) groups excluding carboxylic acids is 3. The number of hydrogen-bond acceptors (Lipinski definition) is 13. The lowest BCUT2D eigenvalue weighted by molar-refractivity contribution is -0.664. The zero-order chi connectivity index (χ0) is 30.5. The van der Waals surface area contributed by atoms with Gasteiger partial charge in [0, 0.05) is 18.4 Å². The first kappa shape index (κ1) is 29.1. The van der Waals surface area contributed by atoms with E-state index in [1.165, 1.54) is 18.7 Å². The number of anilines is 2. The maximum atomic E-state index is 13.2. The van der Waals surface area contributed by atoms with Gasteiger partial charge in [0.1, 0.15) is 33.5 Å². The monoisotopic (exact) mass is 635 g/mol. The van der Waals surface area contributed by atoms with Crippen molar-refractivity contribution in [3.63, 3.8) is 0 Å². The number of pyridine rings is 1. The molecule has 0 spiro atoms. The largest absolute Gasteiger partial charge is 0.543 e. The number of amides is 2. The van der Waals surface area contributed by atoms with E-state index in [9.17, 15) is 24.3 Å². The van der Waals surface area contributed by atoms with E-state index in [1.54, 1.807) is 28.4 Å². The number of thioether (sulfide) groups is 1. The Morgan fingerprint density at radius 1 is 1.38 bits per heavy atom. The predicted octanol–water partition coefficient (Wildman–Crippen LogP) is -1.57. The lowest BCUT2D eigenvalue weighted by atomic mass is 10.0. The number of nitrogens with zero attached hydrogens (tertiary/aromatic N) is 6. The first-order valence-corrected chi connectivity index (χ1v) is 14.3. The zero-order valence-electron chi connectivity index (χ0n) is 21.8. The number of imidazole rings is 1. The molecule has 6 N–H and O–H groups in total. The first-order valence-electron chi connectivity index (χ1n) is 12.1. The number of carbonyl (C=O) groups is 4. The fourth-order valence-electron chi connectivity index (χ4n) is 4.39. The van der Waals surface area contributed by atoms with E-state index in [2.05, 4.69) is 20.4 Å². The van der Waals surface area contributed by atoms with E-state index in [1.807, 2.05) is 6.07 Å². The second kappa shape index (κ2) is 11.1. The van der Waals surface area contributed by atoms with E-state index in [-0.39, 0.29) is 39.1 Å². The molecular formula is C23H22ClN9O7S2. The molecule has 220 valence electrons. The highest BCUT2D eigenvalue weighted by Crippen LogP contribution is 2.40. The van der Waals surface area contributed by atoms with Crippen molar-refractivity contribution in [1.29, 1.82) is 0 Å². The third-order valence-electron chi connectivity index (χ3n) is 6.53. The van der Waals surface area contributed by atoms with Gasteiger partial charge in [-0.3, -0.25) is 19.1 Å². The molecule has 19 heteroatoms. The van der Waals surface area contributed by atoms with E-state index in [4.69, 9.17) is 33.0 Å². The number of rotatable bonds is 9. The van der Waals surface area contributed by atoms with Crippen molar-refractivity contribution in [2.45, 2.75) is 31.0 Å². The van der Waals surface area contributed by atoms with E-state index < -0.39 is 47.0 Å². The summed E-state index contributed by atoms with van der Waals surface area (Å²) in [5, 5.41) is 26.7. The minimum atomic E-state index is -1.55. The molecule has 3 atom stereocenters. The van der Waals surface area contributed by atoms with Crippen LogP contribution in [0.3, 0.4) is 0 Å². The van der Waals surface area contributed by atoms with Gasteiger partial charge in [0.25, 0.3) is 11.8 Å². The highest BCUT2D eigenvalue weighted by molar-refractivity contribution is 8.00. The Hall–Kier alpha value is -4.42. The van der Waals surface area contributed by atoms with Crippen LogP contribution in [0.4, 0.5) is 11.1 Å². The molecule has 0 radical (unpaired) electrons. The van der Waals surface area contributed by atoms with Crippen LogP contribution >= 0.6 is 34.7 Å². The number of halogens is 1. The predicted molar refractivity (Wildman–Crippen MR) is 149 cm³/mol. The van der Waals surface area contributed by atoms with Gasteiger partial charge in [-0.2, -0.15) is 0 Å². The molecule has 2 aliphatic rings. The average molecular weight is 636 g/mol. The van der Waals surface area contributed by atoms with Gasteiger partial charge in [-0.15, -0.1) is 11.8 Å². The molecule has 5 heterocycles. The van der Waals surface area contributed by atoms with Crippen LogP contribution in [-0.4, -0.2) is 77.3 Å². The Bertz CT molecular complexity index is 1720. The molecule has 1 unspecified atom stereocenters. The molecule has 42 heavy (non-hydrogen) atoms. The fraction of sp³-hybridized carbons (Fsp3) is 0.304. The van der Waals surface area contributed by atoms with Gasteiger partial charge >= 0.3 is 17.6 Å². The normalized spacial score (nSPS) is 19.4. The van der Waals surface area contributed by atoms with Crippen LogP contribution in [0.2, 0.25) is 4.34 Å². The molecule has 5 rings (SSSR count). The second-order valence-electron chi connectivity index (χ2n) is 9.17. The molecule has 16 nitrogen and oxygen atoms in total. The smallest absolute Gasteiger partial charge is 0.351 e. The van der Waals surface area contributed by atoms with Crippen LogP contribution in [-0.2, 0) is 37.6 Å². The Morgan fingerprint density at radius 2 is 2.12 bits per heavy atom. The number of fused-ring (bicyclic) bond motifs is 2. The number of carboxylic acid groups (broad SMARTS) is 2. The lowest BCUT2D eigenvalue weighted by Gasteiger charge is -2.50. The van der Waals surface area contributed by atoms with Crippen molar-refractivity contribution < 1.29 is 38.8 Å². The van der Waals surface area contributed by atoms with Crippen LogP contribution < -0.4 is 26.5 Å². The SMILES string of the molecule is C[C@H](O/N=C(\C(=O)NC1C(=O)N2C(C(=O)[O-])=C(C[n+]3cccc4c3nc(N)n4C)CS[C@H]12)c1nc(N)sc1Cl)C(=O)O. The van der Waals surface area contributed by atoms with Crippen LogP contribution in [0, 0.1) is 0 Å². The Labute approximate surface area is 249 Å². The van der Waals surface area contributed by atoms with Gasteiger partial charge in [0.05, 0.1) is 17.9 Å². The molecule has 0 aliphatic carbocycles. The quantitative estimate of drug-likeness (QED) is 0.0903. The van der Waals surface area contributed by atoms with Gasteiger partial charge in [0.15, 0.2) is 10.8 Å².